The second kappa shape index (κ2) is 8.34. The summed E-state index contributed by atoms with van der Waals surface area (Å²) in [5, 5.41) is 10.3. The molecule has 33 heavy (non-hydrogen) atoms. The largest absolute Gasteiger partial charge is 0.433 e. The van der Waals surface area contributed by atoms with Crippen LogP contribution in [-0.2, 0) is 24.1 Å². The van der Waals surface area contributed by atoms with E-state index in [-0.39, 0.29) is 11.9 Å². The van der Waals surface area contributed by atoms with Gasteiger partial charge in [0.15, 0.2) is 5.82 Å². The Morgan fingerprint density at radius 3 is 2.61 bits per heavy atom. The molecular formula is C21H23F3N8O. The van der Waals surface area contributed by atoms with Crippen molar-refractivity contribution in [2.45, 2.75) is 46.1 Å². The van der Waals surface area contributed by atoms with Gasteiger partial charge >= 0.3 is 6.18 Å². The average molecular weight is 460 g/mol. The fraction of sp³-hybridized carbons (Fsp3) is 0.381. The average Bonchev–Trinajstić information content (AvgIpc) is 3.19. The molecule has 9 nitrogen and oxygen atoms in total. The van der Waals surface area contributed by atoms with Crippen molar-refractivity contribution in [3.05, 3.63) is 52.7 Å². The first-order valence-corrected chi connectivity index (χ1v) is 10.2. The zero-order valence-electron chi connectivity index (χ0n) is 18.5. The van der Waals surface area contributed by atoms with Gasteiger partial charge in [-0.25, -0.2) is 9.97 Å². The number of pyridine rings is 1. The summed E-state index contributed by atoms with van der Waals surface area (Å²) in [6.07, 6.45) is -1.01. The minimum Gasteiger partial charge on any atom is -0.350 e. The number of amides is 1. The molecule has 1 aliphatic heterocycles. The summed E-state index contributed by atoms with van der Waals surface area (Å²) in [6, 6.07) is 2.05. The van der Waals surface area contributed by atoms with E-state index >= 15 is 0 Å². The zero-order valence-corrected chi connectivity index (χ0v) is 18.5. The van der Waals surface area contributed by atoms with Gasteiger partial charge < -0.3 is 15.5 Å². The third kappa shape index (κ3) is 4.59. The maximum absolute atomic E-state index is 12.8. The smallest absolute Gasteiger partial charge is 0.350 e. The highest BCUT2D eigenvalue weighted by atomic mass is 19.4. The number of aromatic nitrogens is 5. The van der Waals surface area contributed by atoms with Gasteiger partial charge in [-0.2, -0.15) is 23.3 Å². The van der Waals surface area contributed by atoms with Crippen molar-refractivity contribution < 1.29 is 18.0 Å². The van der Waals surface area contributed by atoms with Gasteiger partial charge in [0.05, 0.1) is 18.4 Å². The van der Waals surface area contributed by atoms with E-state index in [9.17, 15) is 18.0 Å². The topological polar surface area (TPSA) is 101 Å². The Morgan fingerprint density at radius 1 is 1.15 bits per heavy atom. The highest BCUT2D eigenvalue weighted by Crippen LogP contribution is 2.32. The Hall–Kier alpha value is -3.70. The molecule has 0 aromatic carbocycles. The quantitative estimate of drug-likeness (QED) is 0.603. The monoisotopic (exact) mass is 460 g/mol. The molecule has 1 atom stereocenters. The van der Waals surface area contributed by atoms with Crippen molar-refractivity contribution in [2.24, 2.45) is 0 Å². The Balaban J connectivity index is 1.44. The van der Waals surface area contributed by atoms with Gasteiger partial charge in [0, 0.05) is 31.0 Å². The normalized spacial score (nSPS) is 15.9. The molecular weight excluding hydrogens is 437 g/mol. The van der Waals surface area contributed by atoms with Gasteiger partial charge in [-0.15, -0.1) is 0 Å². The molecule has 0 spiro atoms. The third-order valence-corrected chi connectivity index (χ3v) is 5.57. The Bertz CT molecular complexity index is 1210. The molecule has 0 saturated heterocycles. The number of rotatable bonds is 5. The van der Waals surface area contributed by atoms with Crippen LogP contribution in [0.5, 0.6) is 0 Å². The lowest BCUT2D eigenvalue weighted by Crippen LogP contribution is -2.44. The summed E-state index contributed by atoms with van der Waals surface area (Å²) in [5.74, 6) is 0.943. The molecule has 174 valence electrons. The van der Waals surface area contributed by atoms with Gasteiger partial charge in [0.25, 0.3) is 0 Å². The number of aryl methyl sites for hydroxylation is 2. The molecule has 3 aromatic heterocycles. The number of alkyl halides is 3. The molecule has 1 aliphatic rings. The Kier molecular flexibility index (Phi) is 5.68. The molecule has 2 N–H and O–H groups in total. The molecule has 4 rings (SSSR count). The van der Waals surface area contributed by atoms with Crippen LogP contribution in [0.1, 0.15) is 35.1 Å². The van der Waals surface area contributed by atoms with E-state index in [2.05, 4.69) is 30.7 Å². The van der Waals surface area contributed by atoms with Crippen LogP contribution in [0.4, 0.5) is 30.6 Å². The number of anilines is 3. The molecule has 0 radical (unpaired) electrons. The van der Waals surface area contributed by atoms with Crippen molar-refractivity contribution >= 4 is 23.4 Å². The second-order valence-corrected chi connectivity index (χ2v) is 7.95. The van der Waals surface area contributed by atoms with Crippen molar-refractivity contribution in [3.8, 4) is 0 Å². The molecule has 0 bridgehead atoms. The van der Waals surface area contributed by atoms with E-state index in [1.807, 2.05) is 0 Å². The highest BCUT2D eigenvalue weighted by Gasteiger charge is 2.33. The molecule has 1 amide bonds. The number of nitrogens with one attached hydrogen (secondary N) is 2. The second-order valence-electron chi connectivity index (χ2n) is 7.95. The molecule has 0 saturated carbocycles. The van der Waals surface area contributed by atoms with Crippen LogP contribution in [0, 0.1) is 13.8 Å². The molecule has 1 unspecified atom stereocenters. The lowest BCUT2D eigenvalue weighted by molar-refractivity contribution is -0.141. The van der Waals surface area contributed by atoms with Crippen molar-refractivity contribution in [3.63, 3.8) is 0 Å². The lowest BCUT2D eigenvalue weighted by atomic mass is 10.2. The van der Waals surface area contributed by atoms with Crippen molar-refractivity contribution in [2.75, 3.05) is 22.6 Å². The Labute approximate surface area is 188 Å². The summed E-state index contributed by atoms with van der Waals surface area (Å²) >= 11 is 0. The fourth-order valence-corrected chi connectivity index (χ4v) is 3.48. The summed E-state index contributed by atoms with van der Waals surface area (Å²) in [4.78, 5) is 26.4. The predicted octanol–water partition coefficient (Wildman–Crippen LogP) is 3.14. The van der Waals surface area contributed by atoms with Crippen molar-refractivity contribution in [1.82, 2.24) is 24.7 Å². The first-order chi connectivity index (χ1) is 15.5. The van der Waals surface area contributed by atoms with Crippen LogP contribution in [-0.4, -0.2) is 43.7 Å². The van der Waals surface area contributed by atoms with Crippen LogP contribution in [0.3, 0.4) is 0 Å². The minimum atomic E-state index is -4.47. The molecule has 3 aromatic rings. The molecule has 0 fully saturated rings. The van der Waals surface area contributed by atoms with Crippen LogP contribution in [0.15, 0.2) is 24.5 Å². The van der Waals surface area contributed by atoms with Crippen LogP contribution in [0.2, 0.25) is 0 Å². The minimum absolute atomic E-state index is 0.108. The fourth-order valence-electron chi connectivity index (χ4n) is 3.48. The maximum Gasteiger partial charge on any atom is 0.433 e. The van der Waals surface area contributed by atoms with E-state index in [4.69, 9.17) is 0 Å². The number of hydrogen-bond donors (Lipinski definition) is 2. The third-order valence-electron chi connectivity index (χ3n) is 5.57. The molecule has 0 aliphatic carbocycles. The lowest BCUT2D eigenvalue weighted by Gasteiger charge is -2.32. The van der Waals surface area contributed by atoms with Crippen LogP contribution < -0.4 is 15.5 Å². The number of halogens is 3. The van der Waals surface area contributed by atoms with E-state index in [0.717, 1.165) is 11.6 Å². The number of nitrogens with zero attached hydrogens (tertiary/aromatic N) is 6. The number of carbonyl (C=O) groups excluding carboxylic acids is 1. The van der Waals surface area contributed by atoms with Crippen molar-refractivity contribution in [1.29, 1.82) is 0 Å². The predicted molar refractivity (Wildman–Crippen MR) is 116 cm³/mol. The molecule has 4 heterocycles. The number of fused-ring (bicyclic) bond motifs is 1. The van der Waals surface area contributed by atoms with E-state index in [1.165, 1.54) is 6.07 Å². The summed E-state index contributed by atoms with van der Waals surface area (Å²) in [6.45, 7) is 5.84. The van der Waals surface area contributed by atoms with Gasteiger partial charge in [-0.05, 0) is 32.4 Å². The summed E-state index contributed by atoms with van der Waals surface area (Å²) in [7, 11) is 1.81. The number of likely N-dealkylation sites (N-methyl/N-ethyl adjacent to an activating group) is 1. The first-order valence-electron chi connectivity index (χ1n) is 10.2. The van der Waals surface area contributed by atoms with Crippen LogP contribution in [0.25, 0.3) is 0 Å². The Morgan fingerprint density at radius 2 is 1.91 bits per heavy atom. The maximum atomic E-state index is 12.8. The van der Waals surface area contributed by atoms with Gasteiger partial charge in [0.2, 0.25) is 11.9 Å². The van der Waals surface area contributed by atoms with Gasteiger partial charge in [0.1, 0.15) is 17.4 Å². The van der Waals surface area contributed by atoms with E-state index in [1.54, 1.807) is 49.8 Å². The summed E-state index contributed by atoms with van der Waals surface area (Å²) in [5.41, 5.74) is 2.15. The van der Waals surface area contributed by atoms with Crippen LogP contribution >= 0.6 is 0 Å². The summed E-state index contributed by atoms with van der Waals surface area (Å²) < 4.78 is 40.1. The number of carbonyl (C=O) groups is 1. The number of hydrogen-bond acceptors (Lipinski definition) is 7. The first kappa shape index (κ1) is 22.5. The SMILES string of the molecule is Cc1nc(C(F)(F)F)ccc1Cn1cc(CNc2nc(C)c3c(n2)N(C)C(C)C(=O)N3)cn1. The van der Waals surface area contributed by atoms with Gasteiger partial charge in [-0.1, -0.05) is 6.07 Å². The van der Waals surface area contributed by atoms with Gasteiger partial charge in [-0.3, -0.25) is 9.48 Å². The van der Waals surface area contributed by atoms with E-state index < -0.39 is 11.9 Å². The highest BCUT2D eigenvalue weighted by molar-refractivity contribution is 6.03. The standard InChI is InChI=1S/C21H23F3N8O/c1-11-15(5-6-16(27-11)21(22,23)24)10-32-9-14(8-26-32)7-25-20-28-12(2)17-18(30-20)31(4)13(3)19(33)29-17/h5-6,8-9,13H,7,10H2,1-4H3,(H,29,33)(H,25,28,30). The zero-order chi connectivity index (χ0) is 23.9. The molecule has 12 heteroatoms. The van der Waals surface area contributed by atoms with E-state index in [0.29, 0.717) is 47.5 Å².